The molecular weight excluding hydrogens is 436 g/mol. The Morgan fingerprint density at radius 3 is 2.86 bits per heavy atom. The monoisotopic (exact) mass is 460 g/mol. The normalized spacial score (nSPS) is 18.9. The van der Waals surface area contributed by atoms with Gasteiger partial charge < -0.3 is 5.32 Å². The van der Waals surface area contributed by atoms with Crippen molar-refractivity contribution in [2.24, 2.45) is 5.92 Å². The van der Waals surface area contributed by atoms with E-state index in [2.05, 4.69) is 29.2 Å². The lowest BCUT2D eigenvalue weighted by Crippen LogP contribution is -2.40. The molecule has 1 aromatic carbocycles. The molecule has 0 spiro atoms. The highest BCUT2D eigenvalue weighted by Crippen LogP contribution is 2.28. The summed E-state index contributed by atoms with van der Waals surface area (Å²) in [5.41, 5.74) is 1.85. The number of hydrogen-bond acceptors (Lipinski definition) is 7. The number of sulfone groups is 1. The fourth-order valence-corrected chi connectivity index (χ4v) is 6.27. The summed E-state index contributed by atoms with van der Waals surface area (Å²) in [6, 6.07) is 5.70. The molecule has 154 valence electrons. The van der Waals surface area contributed by atoms with E-state index >= 15 is 0 Å². The molecule has 3 rings (SSSR count). The molecule has 0 saturated carbocycles. The average Bonchev–Trinajstić information content (AvgIpc) is 3.13. The van der Waals surface area contributed by atoms with Gasteiger partial charge in [0.05, 0.1) is 18.2 Å². The summed E-state index contributed by atoms with van der Waals surface area (Å²) in [5, 5.41) is 9.29. The van der Waals surface area contributed by atoms with Crippen molar-refractivity contribution in [3.63, 3.8) is 0 Å². The summed E-state index contributed by atoms with van der Waals surface area (Å²) in [7, 11) is -2.94. The highest BCUT2D eigenvalue weighted by atomic mass is 35.5. The van der Waals surface area contributed by atoms with Gasteiger partial charge >= 0.3 is 0 Å². The molecule has 0 bridgehead atoms. The molecule has 1 aromatic heterocycles. The van der Waals surface area contributed by atoms with Crippen LogP contribution in [-0.2, 0) is 16.5 Å². The van der Waals surface area contributed by atoms with E-state index in [9.17, 15) is 8.42 Å². The van der Waals surface area contributed by atoms with E-state index in [1.165, 1.54) is 11.3 Å². The Morgan fingerprint density at radius 1 is 1.46 bits per heavy atom. The van der Waals surface area contributed by atoms with Gasteiger partial charge in [-0.2, -0.15) is 0 Å². The molecule has 10 heteroatoms. The SMILES string of the molecule is Cc1c(Cl)cccc1Nc1nn(CN(CC(C)C)C2CCS(=O)(=O)C2)c(=S)s1. The predicted octanol–water partition coefficient (Wildman–Crippen LogP) is 4.48. The Kier molecular flexibility index (Phi) is 6.81. The van der Waals surface area contributed by atoms with Gasteiger partial charge in [-0.3, -0.25) is 4.90 Å². The molecule has 1 saturated heterocycles. The van der Waals surface area contributed by atoms with Crippen LogP contribution < -0.4 is 5.32 Å². The third-order valence-corrected chi connectivity index (χ3v) is 8.14. The number of benzene rings is 1. The van der Waals surface area contributed by atoms with Crippen LogP contribution in [-0.4, -0.2) is 47.2 Å². The van der Waals surface area contributed by atoms with Gasteiger partial charge in [0, 0.05) is 23.3 Å². The first kappa shape index (κ1) is 21.7. The topological polar surface area (TPSA) is 67.2 Å². The van der Waals surface area contributed by atoms with E-state index in [0.717, 1.165) is 17.8 Å². The van der Waals surface area contributed by atoms with Gasteiger partial charge in [-0.05, 0) is 49.2 Å². The Bertz CT molecular complexity index is 1000. The summed E-state index contributed by atoms with van der Waals surface area (Å²) >= 11 is 13.1. The third-order valence-electron chi connectivity index (χ3n) is 4.76. The Hall–Kier alpha value is -1.00. The third kappa shape index (κ3) is 5.33. The van der Waals surface area contributed by atoms with Crippen LogP contribution in [0.2, 0.25) is 5.02 Å². The van der Waals surface area contributed by atoms with Crippen LogP contribution in [0.3, 0.4) is 0 Å². The number of rotatable bonds is 7. The molecule has 1 fully saturated rings. The quantitative estimate of drug-likeness (QED) is 0.614. The van der Waals surface area contributed by atoms with Crippen molar-refractivity contribution in [2.45, 2.75) is 39.9 Å². The fourth-order valence-electron chi connectivity index (χ4n) is 3.33. The van der Waals surface area contributed by atoms with Gasteiger partial charge in [-0.25, -0.2) is 13.1 Å². The summed E-state index contributed by atoms with van der Waals surface area (Å²) in [5.74, 6) is 0.891. The first-order valence-corrected chi connectivity index (χ1v) is 12.6. The maximum atomic E-state index is 11.9. The van der Waals surface area contributed by atoms with E-state index in [1.807, 2.05) is 25.1 Å². The van der Waals surface area contributed by atoms with Crippen LogP contribution >= 0.6 is 35.2 Å². The zero-order valence-corrected chi connectivity index (χ0v) is 19.4. The number of nitrogens with zero attached hydrogens (tertiary/aromatic N) is 3. The van der Waals surface area contributed by atoms with Gasteiger partial charge in [0.2, 0.25) is 5.13 Å². The lowest BCUT2D eigenvalue weighted by molar-refractivity contribution is 0.138. The Morgan fingerprint density at radius 2 is 2.21 bits per heavy atom. The lowest BCUT2D eigenvalue weighted by atomic mass is 10.1. The molecule has 1 N–H and O–H groups in total. The van der Waals surface area contributed by atoms with Crippen molar-refractivity contribution in [2.75, 3.05) is 23.4 Å². The first-order chi connectivity index (χ1) is 13.1. The van der Waals surface area contributed by atoms with E-state index < -0.39 is 9.84 Å². The molecule has 0 radical (unpaired) electrons. The Balaban J connectivity index is 1.79. The van der Waals surface area contributed by atoms with Crippen LogP contribution in [0.25, 0.3) is 0 Å². The maximum absolute atomic E-state index is 11.9. The standard InChI is InChI=1S/C18H25ClN4O2S3/c1-12(2)9-22(14-7-8-28(24,25)10-14)11-23-18(26)27-17(21-23)20-16-6-4-5-15(19)13(16)3/h4-6,12,14H,7-11H2,1-3H3,(H,20,21). The molecule has 1 aliphatic heterocycles. The fraction of sp³-hybridized carbons (Fsp3) is 0.556. The largest absolute Gasteiger partial charge is 0.330 e. The zero-order chi connectivity index (χ0) is 20.5. The number of halogens is 1. The van der Waals surface area contributed by atoms with Crippen molar-refractivity contribution < 1.29 is 8.42 Å². The molecule has 1 atom stereocenters. The van der Waals surface area contributed by atoms with Gasteiger partial charge in [0.15, 0.2) is 13.8 Å². The van der Waals surface area contributed by atoms with Crippen molar-refractivity contribution >= 4 is 55.8 Å². The number of nitrogens with one attached hydrogen (secondary N) is 1. The highest BCUT2D eigenvalue weighted by Gasteiger charge is 2.32. The second kappa shape index (κ2) is 8.79. The van der Waals surface area contributed by atoms with Gasteiger partial charge in [0.25, 0.3) is 0 Å². The molecule has 6 nitrogen and oxygen atoms in total. The minimum atomic E-state index is -2.94. The van der Waals surface area contributed by atoms with Crippen molar-refractivity contribution in [3.8, 4) is 0 Å². The van der Waals surface area contributed by atoms with Crippen LogP contribution in [0, 0.1) is 16.8 Å². The molecule has 0 amide bonds. The second-order valence-electron chi connectivity index (χ2n) is 7.57. The van der Waals surface area contributed by atoms with Crippen LogP contribution in [0.15, 0.2) is 18.2 Å². The molecule has 2 aromatic rings. The van der Waals surface area contributed by atoms with Crippen molar-refractivity contribution in [1.29, 1.82) is 0 Å². The number of hydrogen-bond donors (Lipinski definition) is 1. The highest BCUT2D eigenvalue weighted by molar-refractivity contribution is 7.91. The maximum Gasteiger partial charge on any atom is 0.209 e. The minimum Gasteiger partial charge on any atom is -0.330 e. The smallest absolute Gasteiger partial charge is 0.209 e. The molecular formula is C18H25ClN4O2S3. The lowest BCUT2D eigenvalue weighted by Gasteiger charge is -2.29. The van der Waals surface area contributed by atoms with Crippen molar-refractivity contribution in [1.82, 2.24) is 14.7 Å². The molecule has 0 aliphatic carbocycles. The zero-order valence-electron chi connectivity index (χ0n) is 16.2. The minimum absolute atomic E-state index is 0.0163. The van der Waals surface area contributed by atoms with Crippen molar-refractivity contribution in [3.05, 3.63) is 32.7 Å². The molecule has 1 unspecified atom stereocenters. The van der Waals surface area contributed by atoms with E-state index in [-0.39, 0.29) is 17.5 Å². The molecule has 28 heavy (non-hydrogen) atoms. The average molecular weight is 461 g/mol. The molecule has 1 aliphatic rings. The summed E-state index contributed by atoms with van der Waals surface area (Å²) < 4.78 is 26.3. The summed E-state index contributed by atoms with van der Waals surface area (Å²) in [4.78, 5) is 2.19. The number of aromatic nitrogens is 2. The summed E-state index contributed by atoms with van der Waals surface area (Å²) in [6.07, 6.45) is 0.666. The van der Waals surface area contributed by atoms with E-state index in [1.54, 1.807) is 4.68 Å². The van der Waals surface area contributed by atoms with Gasteiger partial charge in [-0.15, -0.1) is 5.10 Å². The second-order valence-corrected chi connectivity index (χ2v) is 11.8. The molecule has 2 heterocycles. The van der Waals surface area contributed by atoms with Crippen LogP contribution in [0.5, 0.6) is 0 Å². The first-order valence-electron chi connectivity index (χ1n) is 9.19. The van der Waals surface area contributed by atoms with Crippen LogP contribution in [0.1, 0.15) is 25.8 Å². The van der Waals surface area contributed by atoms with Crippen LogP contribution in [0.4, 0.5) is 10.8 Å². The predicted molar refractivity (Wildman–Crippen MR) is 119 cm³/mol. The summed E-state index contributed by atoms with van der Waals surface area (Å²) in [6.45, 7) is 7.50. The van der Waals surface area contributed by atoms with E-state index in [0.29, 0.717) is 33.1 Å². The van der Waals surface area contributed by atoms with Gasteiger partial charge in [0.1, 0.15) is 0 Å². The van der Waals surface area contributed by atoms with Gasteiger partial charge in [-0.1, -0.05) is 42.9 Å². The number of anilines is 2. The van der Waals surface area contributed by atoms with E-state index in [4.69, 9.17) is 23.8 Å². The Labute approximate surface area is 180 Å².